The van der Waals surface area contributed by atoms with Gasteiger partial charge in [0.15, 0.2) is 9.84 Å². The molecule has 82 valence electrons. The first kappa shape index (κ1) is 10.3. The highest BCUT2D eigenvalue weighted by atomic mass is 32.2. The van der Waals surface area contributed by atoms with Crippen molar-refractivity contribution in [2.45, 2.75) is 12.5 Å². The average Bonchev–Trinajstić information content (AvgIpc) is 2.50. The molecule has 0 spiro atoms. The molecule has 0 amide bonds. The van der Waals surface area contributed by atoms with Crippen molar-refractivity contribution in [1.29, 1.82) is 0 Å². The zero-order valence-electron chi connectivity index (χ0n) is 8.09. The maximum Gasteiger partial charge on any atom is 0.154 e. The van der Waals surface area contributed by atoms with Gasteiger partial charge >= 0.3 is 0 Å². The van der Waals surface area contributed by atoms with Crippen molar-refractivity contribution in [1.82, 2.24) is 0 Å². The van der Waals surface area contributed by atoms with Crippen LogP contribution in [0.5, 0.6) is 11.5 Å². The Labute approximate surface area is 88.4 Å². The van der Waals surface area contributed by atoms with E-state index in [4.69, 9.17) is 9.84 Å². The first-order chi connectivity index (χ1) is 7.05. The molecule has 0 bridgehead atoms. The summed E-state index contributed by atoms with van der Waals surface area (Å²) in [7, 11) is -2.90. The molecular weight excluding hydrogens is 216 g/mol. The van der Waals surface area contributed by atoms with Crippen molar-refractivity contribution < 1.29 is 18.3 Å². The second-order valence-corrected chi connectivity index (χ2v) is 5.87. The third-order valence-corrected chi connectivity index (χ3v) is 4.07. The van der Waals surface area contributed by atoms with Crippen molar-refractivity contribution in [3.05, 3.63) is 24.3 Å². The number of aromatic hydroxyl groups is 1. The monoisotopic (exact) mass is 228 g/mol. The fourth-order valence-electron chi connectivity index (χ4n) is 1.57. The summed E-state index contributed by atoms with van der Waals surface area (Å²) >= 11 is 0. The van der Waals surface area contributed by atoms with Crippen LogP contribution < -0.4 is 4.74 Å². The van der Waals surface area contributed by atoms with E-state index >= 15 is 0 Å². The molecular formula is C10H12O4S. The van der Waals surface area contributed by atoms with Crippen LogP contribution in [0.2, 0.25) is 0 Å². The van der Waals surface area contributed by atoms with E-state index in [9.17, 15) is 8.42 Å². The van der Waals surface area contributed by atoms with E-state index in [-0.39, 0.29) is 23.4 Å². The Bertz CT molecular complexity index is 435. The molecule has 15 heavy (non-hydrogen) atoms. The summed E-state index contributed by atoms with van der Waals surface area (Å²) in [5.41, 5.74) is 0. The van der Waals surface area contributed by atoms with E-state index in [1.54, 1.807) is 12.1 Å². The summed E-state index contributed by atoms with van der Waals surface area (Å²) in [6.45, 7) is 0. The third-order valence-electron chi connectivity index (χ3n) is 2.33. The molecule has 0 saturated carbocycles. The molecule has 1 aromatic rings. The molecule has 1 atom stereocenters. The molecule has 4 nitrogen and oxygen atoms in total. The number of hydrogen-bond donors (Lipinski definition) is 1. The molecule has 5 heteroatoms. The number of benzene rings is 1. The number of phenolic OH excluding ortho intramolecular Hbond substituents is 1. The maximum atomic E-state index is 11.2. The predicted molar refractivity (Wildman–Crippen MR) is 55.8 cm³/mol. The third kappa shape index (κ3) is 2.62. The van der Waals surface area contributed by atoms with E-state index in [0.717, 1.165) is 0 Å². The summed E-state index contributed by atoms with van der Waals surface area (Å²) in [4.78, 5) is 0. The van der Waals surface area contributed by atoms with Crippen LogP contribution in [-0.4, -0.2) is 31.1 Å². The van der Waals surface area contributed by atoms with Crippen molar-refractivity contribution >= 4 is 9.84 Å². The topological polar surface area (TPSA) is 63.6 Å². The molecule has 0 aliphatic carbocycles. The van der Waals surface area contributed by atoms with Crippen molar-refractivity contribution in [3.63, 3.8) is 0 Å². The van der Waals surface area contributed by atoms with Crippen LogP contribution in [0, 0.1) is 0 Å². The highest BCUT2D eigenvalue weighted by molar-refractivity contribution is 7.91. The van der Waals surface area contributed by atoms with E-state index in [2.05, 4.69) is 0 Å². The van der Waals surface area contributed by atoms with Crippen LogP contribution in [0.1, 0.15) is 6.42 Å². The molecule has 1 N–H and O–H groups in total. The number of rotatable bonds is 2. The minimum atomic E-state index is -2.90. The Morgan fingerprint density at radius 1 is 1.27 bits per heavy atom. The summed E-state index contributed by atoms with van der Waals surface area (Å²) in [6, 6.07) is 6.28. The number of ether oxygens (including phenoxy) is 1. The molecule has 1 saturated heterocycles. The highest BCUT2D eigenvalue weighted by Gasteiger charge is 2.29. The van der Waals surface area contributed by atoms with Gasteiger partial charge in [0.05, 0.1) is 11.5 Å². The first-order valence-electron chi connectivity index (χ1n) is 4.71. The SMILES string of the molecule is O=S1(=O)CCC(Oc2ccc(O)cc2)C1. The number of sulfone groups is 1. The maximum absolute atomic E-state index is 11.2. The van der Waals surface area contributed by atoms with Gasteiger partial charge in [-0.3, -0.25) is 0 Å². The van der Waals surface area contributed by atoms with Crippen LogP contribution in [0.15, 0.2) is 24.3 Å². The minimum Gasteiger partial charge on any atom is -0.508 e. The van der Waals surface area contributed by atoms with Crippen LogP contribution in [-0.2, 0) is 9.84 Å². The highest BCUT2D eigenvalue weighted by Crippen LogP contribution is 2.21. The number of hydrogen-bond acceptors (Lipinski definition) is 4. The van der Waals surface area contributed by atoms with Gasteiger partial charge in [0.25, 0.3) is 0 Å². The Morgan fingerprint density at radius 3 is 2.47 bits per heavy atom. The smallest absolute Gasteiger partial charge is 0.154 e. The van der Waals surface area contributed by atoms with E-state index in [1.807, 2.05) is 0 Å². The number of phenols is 1. The molecule has 1 aliphatic rings. The molecule has 1 heterocycles. The van der Waals surface area contributed by atoms with E-state index < -0.39 is 9.84 Å². The van der Waals surface area contributed by atoms with Crippen molar-refractivity contribution in [3.8, 4) is 11.5 Å². The Morgan fingerprint density at radius 2 is 1.93 bits per heavy atom. The van der Waals surface area contributed by atoms with Gasteiger partial charge in [-0.15, -0.1) is 0 Å². The summed E-state index contributed by atoms with van der Waals surface area (Å²) in [5.74, 6) is 1.06. The molecule has 0 aromatic heterocycles. The normalized spacial score (nSPS) is 23.9. The first-order valence-corrected chi connectivity index (χ1v) is 6.53. The van der Waals surface area contributed by atoms with Crippen molar-refractivity contribution in [2.24, 2.45) is 0 Å². The van der Waals surface area contributed by atoms with Gasteiger partial charge < -0.3 is 9.84 Å². The summed E-state index contributed by atoms with van der Waals surface area (Å²) < 4.78 is 27.8. The Balaban J connectivity index is 2.02. The molecule has 2 rings (SSSR count). The van der Waals surface area contributed by atoms with Crippen molar-refractivity contribution in [2.75, 3.05) is 11.5 Å². The zero-order chi connectivity index (χ0) is 10.9. The molecule has 1 aromatic carbocycles. The lowest BCUT2D eigenvalue weighted by Crippen LogP contribution is -2.17. The van der Waals surface area contributed by atoms with Gasteiger partial charge in [-0.2, -0.15) is 0 Å². The van der Waals surface area contributed by atoms with Gasteiger partial charge in [0.1, 0.15) is 17.6 Å². The van der Waals surface area contributed by atoms with Crippen LogP contribution in [0.3, 0.4) is 0 Å². The summed E-state index contributed by atoms with van der Waals surface area (Å²) in [5, 5.41) is 9.05. The Kier molecular flexibility index (Phi) is 2.56. The fraction of sp³-hybridized carbons (Fsp3) is 0.400. The lowest BCUT2D eigenvalue weighted by atomic mass is 10.3. The quantitative estimate of drug-likeness (QED) is 0.818. The van der Waals surface area contributed by atoms with Gasteiger partial charge in [0, 0.05) is 0 Å². The van der Waals surface area contributed by atoms with Crippen LogP contribution >= 0.6 is 0 Å². The Hall–Kier alpha value is -1.23. The van der Waals surface area contributed by atoms with E-state index in [1.165, 1.54) is 12.1 Å². The summed E-state index contributed by atoms with van der Waals surface area (Å²) in [6.07, 6.45) is 0.294. The largest absolute Gasteiger partial charge is 0.508 e. The second kappa shape index (κ2) is 3.73. The van der Waals surface area contributed by atoms with Gasteiger partial charge in [-0.25, -0.2) is 8.42 Å². The lowest BCUT2D eigenvalue weighted by molar-refractivity contribution is 0.228. The molecule has 1 unspecified atom stereocenters. The predicted octanol–water partition coefficient (Wildman–Crippen LogP) is 0.958. The van der Waals surface area contributed by atoms with Gasteiger partial charge in [0.2, 0.25) is 0 Å². The van der Waals surface area contributed by atoms with E-state index in [0.29, 0.717) is 12.2 Å². The minimum absolute atomic E-state index is 0.0911. The van der Waals surface area contributed by atoms with Crippen LogP contribution in [0.25, 0.3) is 0 Å². The lowest BCUT2D eigenvalue weighted by Gasteiger charge is -2.11. The standard InChI is InChI=1S/C10H12O4S/c11-8-1-3-9(4-2-8)14-10-5-6-15(12,13)7-10/h1-4,10-11H,5-7H2. The van der Waals surface area contributed by atoms with Gasteiger partial charge in [-0.05, 0) is 30.7 Å². The van der Waals surface area contributed by atoms with Crippen LogP contribution in [0.4, 0.5) is 0 Å². The van der Waals surface area contributed by atoms with Gasteiger partial charge in [-0.1, -0.05) is 0 Å². The fourth-order valence-corrected chi connectivity index (χ4v) is 3.16. The molecule has 1 fully saturated rings. The second-order valence-electron chi connectivity index (χ2n) is 3.64. The molecule has 0 radical (unpaired) electrons. The zero-order valence-corrected chi connectivity index (χ0v) is 8.90. The molecule has 1 aliphatic heterocycles. The average molecular weight is 228 g/mol.